The molecule has 0 aliphatic rings. The molecule has 20 heavy (non-hydrogen) atoms. The van der Waals surface area contributed by atoms with Gasteiger partial charge in [0.25, 0.3) is 0 Å². The van der Waals surface area contributed by atoms with Gasteiger partial charge in [-0.15, -0.1) is 5.23 Å². The van der Waals surface area contributed by atoms with E-state index in [-0.39, 0.29) is 16.6 Å². The van der Waals surface area contributed by atoms with Gasteiger partial charge in [-0.05, 0) is 48.5 Å². The van der Waals surface area contributed by atoms with Crippen molar-refractivity contribution < 1.29 is 10.4 Å². The summed E-state index contributed by atoms with van der Waals surface area (Å²) < 4.78 is 0. The van der Waals surface area contributed by atoms with E-state index < -0.39 is 5.23 Å². The highest BCUT2D eigenvalue weighted by atomic mass is 33.1. The molecular formula is C12H10N2O4S2-2. The average molecular weight is 310 g/mol. The lowest BCUT2D eigenvalue weighted by molar-refractivity contribution is 0.0291. The van der Waals surface area contributed by atoms with Crippen LogP contribution >= 0.6 is 21.6 Å². The highest BCUT2D eigenvalue weighted by molar-refractivity contribution is 8.76. The molecule has 8 heteroatoms. The van der Waals surface area contributed by atoms with Crippen molar-refractivity contribution in [2.45, 2.75) is 9.79 Å². The van der Waals surface area contributed by atoms with E-state index in [0.29, 0.717) is 0 Å². The fourth-order valence-corrected chi connectivity index (χ4v) is 3.29. The summed E-state index contributed by atoms with van der Waals surface area (Å²) in [6.45, 7) is 0. The Morgan fingerprint density at radius 3 is 1.45 bits per heavy atom. The zero-order chi connectivity index (χ0) is 14.5. The molecule has 106 valence electrons. The number of hydrogen-bond donors (Lipinski definition) is 2. The van der Waals surface area contributed by atoms with Crippen LogP contribution in [0.4, 0.5) is 11.4 Å². The van der Waals surface area contributed by atoms with Gasteiger partial charge in [0.05, 0.1) is 5.69 Å². The number of benzene rings is 2. The predicted octanol–water partition coefficient (Wildman–Crippen LogP) is 3.87. The minimum Gasteiger partial charge on any atom is -0.769 e. The van der Waals surface area contributed by atoms with E-state index in [1.165, 1.54) is 33.7 Å². The van der Waals surface area contributed by atoms with Crippen LogP contribution in [0.3, 0.4) is 0 Å². The molecule has 0 aliphatic carbocycles. The Hall–Kier alpha value is -1.42. The lowest BCUT2D eigenvalue weighted by atomic mass is 10.3. The molecule has 2 N–H and O–H groups in total. The summed E-state index contributed by atoms with van der Waals surface area (Å²) in [6.07, 6.45) is 0. The molecule has 0 unspecified atom stereocenters. The molecule has 0 spiro atoms. The molecule has 0 atom stereocenters. The van der Waals surface area contributed by atoms with Gasteiger partial charge in [-0.2, -0.15) is 0 Å². The van der Waals surface area contributed by atoms with E-state index >= 15 is 0 Å². The SMILES string of the molecule is [O-]N([O-])c1ccc(SSc2ccc(N(O)O)cc2)cc1. The molecule has 6 nitrogen and oxygen atoms in total. The maximum atomic E-state index is 10.5. The van der Waals surface area contributed by atoms with Crippen molar-refractivity contribution in [3.05, 3.63) is 58.9 Å². The summed E-state index contributed by atoms with van der Waals surface area (Å²) in [7, 11) is 2.94. The molecule has 0 saturated carbocycles. The molecular weight excluding hydrogens is 300 g/mol. The fourth-order valence-electron chi connectivity index (χ4n) is 1.35. The maximum absolute atomic E-state index is 10.5. The molecule has 2 aromatic carbocycles. The Morgan fingerprint density at radius 2 is 1.10 bits per heavy atom. The summed E-state index contributed by atoms with van der Waals surface area (Å²) in [5, 5.41) is 38.3. The molecule has 2 aromatic rings. The molecule has 0 bridgehead atoms. The predicted molar refractivity (Wildman–Crippen MR) is 79.9 cm³/mol. The third-order valence-corrected chi connectivity index (χ3v) is 4.77. The molecule has 0 radical (unpaired) electrons. The van der Waals surface area contributed by atoms with Crippen molar-refractivity contribution in [3.8, 4) is 0 Å². The number of anilines is 2. The molecule has 0 heterocycles. The lowest BCUT2D eigenvalue weighted by Gasteiger charge is -2.37. The van der Waals surface area contributed by atoms with Gasteiger partial charge in [0.2, 0.25) is 0 Å². The van der Waals surface area contributed by atoms with Crippen LogP contribution in [-0.4, -0.2) is 10.4 Å². The molecule has 0 amide bonds. The average Bonchev–Trinajstić information content (AvgIpc) is 2.46. The first-order valence-electron chi connectivity index (χ1n) is 5.43. The van der Waals surface area contributed by atoms with Gasteiger partial charge in [-0.3, -0.25) is 10.4 Å². The number of nitrogens with zero attached hydrogens (tertiary/aromatic N) is 2. The quantitative estimate of drug-likeness (QED) is 0.635. The molecule has 0 aromatic heterocycles. The van der Waals surface area contributed by atoms with Crippen LogP contribution in [-0.2, 0) is 0 Å². The van der Waals surface area contributed by atoms with Crippen LogP contribution in [0.25, 0.3) is 0 Å². The third kappa shape index (κ3) is 4.04. The first-order valence-corrected chi connectivity index (χ1v) is 7.58. The standard InChI is InChI=1S/C12H10N2O4S2/c15-13(16)9-1-5-11(6-2-9)19-20-12-7-3-10(4-8-12)14(17)18/h1-8,15-16H/q-2. The van der Waals surface area contributed by atoms with Gasteiger partial charge in [-0.1, -0.05) is 21.6 Å². The Kier molecular flexibility index (Phi) is 5.12. The first kappa shape index (κ1) is 15.0. The zero-order valence-electron chi connectivity index (χ0n) is 10.0. The smallest absolute Gasteiger partial charge is 0.0943 e. The highest BCUT2D eigenvalue weighted by Crippen LogP contribution is 2.38. The Morgan fingerprint density at radius 1 is 0.700 bits per heavy atom. The minimum atomic E-state index is -0.435. The Balaban J connectivity index is 1.94. The topological polar surface area (TPSA) is 93.1 Å². The monoisotopic (exact) mass is 310 g/mol. The van der Waals surface area contributed by atoms with Crippen LogP contribution in [0.5, 0.6) is 0 Å². The van der Waals surface area contributed by atoms with Crippen molar-refractivity contribution >= 4 is 33.0 Å². The van der Waals surface area contributed by atoms with Gasteiger partial charge in [0.1, 0.15) is 0 Å². The molecule has 0 fully saturated rings. The van der Waals surface area contributed by atoms with Crippen molar-refractivity contribution in [1.29, 1.82) is 0 Å². The normalized spacial score (nSPS) is 10.4. The highest BCUT2D eigenvalue weighted by Gasteiger charge is 2.01. The van der Waals surface area contributed by atoms with E-state index in [4.69, 9.17) is 10.4 Å². The largest absolute Gasteiger partial charge is 0.769 e. The minimum absolute atomic E-state index is 0.0535. The summed E-state index contributed by atoms with van der Waals surface area (Å²) in [4.78, 5) is 1.83. The van der Waals surface area contributed by atoms with Crippen LogP contribution in [0.1, 0.15) is 0 Å². The van der Waals surface area contributed by atoms with Gasteiger partial charge in [0.15, 0.2) is 0 Å². The fraction of sp³-hybridized carbons (Fsp3) is 0. The van der Waals surface area contributed by atoms with Crippen LogP contribution in [0.15, 0.2) is 58.3 Å². The second-order valence-electron chi connectivity index (χ2n) is 3.70. The van der Waals surface area contributed by atoms with E-state index in [9.17, 15) is 10.4 Å². The second kappa shape index (κ2) is 6.84. The number of rotatable bonds is 5. The lowest BCUT2D eigenvalue weighted by Crippen LogP contribution is -2.10. The van der Waals surface area contributed by atoms with Crippen LogP contribution < -0.4 is 10.5 Å². The first-order chi connectivity index (χ1) is 9.56. The van der Waals surface area contributed by atoms with E-state index in [0.717, 1.165) is 9.79 Å². The van der Waals surface area contributed by atoms with Gasteiger partial charge < -0.3 is 15.6 Å². The van der Waals surface area contributed by atoms with Gasteiger partial charge >= 0.3 is 0 Å². The van der Waals surface area contributed by atoms with Crippen LogP contribution in [0, 0.1) is 10.4 Å². The third-order valence-electron chi connectivity index (χ3n) is 2.35. The van der Waals surface area contributed by atoms with E-state index in [1.807, 2.05) is 0 Å². The Bertz CT molecular complexity index is 495. The molecule has 2 rings (SSSR count). The van der Waals surface area contributed by atoms with Crippen molar-refractivity contribution in [1.82, 2.24) is 0 Å². The van der Waals surface area contributed by atoms with Gasteiger partial charge in [-0.25, -0.2) is 0 Å². The summed E-state index contributed by atoms with van der Waals surface area (Å²) in [6, 6.07) is 12.9. The zero-order valence-corrected chi connectivity index (χ0v) is 11.7. The summed E-state index contributed by atoms with van der Waals surface area (Å²) >= 11 is 0. The molecule has 0 saturated heterocycles. The summed E-state index contributed by atoms with van der Waals surface area (Å²) in [5.74, 6) is 0. The van der Waals surface area contributed by atoms with Crippen molar-refractivity contribution in [3.63, 3.8) is 0 Å². The second-order valence-corrected chi connectivity index (χ2v) is 5.98. The summed E-state index contributed by atoms with van der Waals surface area (Å²) in [5.41, 5.74) is 0.337. The van der Waals surface area contributed by atoms with E-state index in [1.54, 1.807) is 36.4 Å². The van der Waals surface area contributed by atoms with E-state index in [2.05, 4.69) is 0 Å². The van der Waals surface area contributed by atoms with Crippen molar-refractivity contribution in [2.24, 2.45) is 0 Å². The van der Waals surface area contributed by atoms with Gasteiger partial charge in [0, 0.05) is 15.5 Å². The van der Waals surface area contributed by atoms with Crippen LogP contribution in [0.2, 0.25) is 0 Å². The van der Waals surface area contributed by atoms with Crippen molar-refractivity contribution in [2.75, 3.05) is 10.5 Å². The molecule has 0 aliphatic heterocycles. The number of hydrogen-bond acceptors (Lipinski definition) is 8. The Labute approximate surface area is 123 Å². The maximum Gasteiger partial charge on any atom is 0.0943 e.